The molecule has 0 radical (unpaired) electrons. The molecule has 0 unspecified atom stereocenters. The molecule has 0 spiro atoms. The first-order valence-corrected chi connectivity index (χ1v) is 11.0. The topological polar surface area (TPSA) is 65.0 Å². The van der Waals surface area contributed by atoms with Gasteiger partial charge in [-0.1, -0.05) is 20.8 Å². The Labute approximate surface area is 149 Å². The van der Waals surface area contributed by atoms with Crippen molar-refractivity contribution in [1.29, 1.82) is 0 Å². The van der Waals surface area contributed by atoms with E-state index in [1.807, 2.05) is 0 Å². The van der Waals surface area contributed by atoms with Crippen LogP contribution in [0.4, 0.5) is 0 Å². The first-order chi connectivity index (χ1) is 11.5. The Kier molecular flexibility index (Phi) is 5.04. The molecule has 0 saturated carbocycles. The lowest BCUT2D eigenvalue weighted by Crippen LogP contribution is -2.43. The number of carboxylic acid groups (broad SMARTS) is 1. The van der Waals surface area contributed by atoms with Crippen LogP contribution >= 0.6 is 0 Å². The summed E-state index contributed by atoms with van der Waals surface area (Å²) in [5, 5.41) is 10.9. The van der Waals surface area contributed by atoms with Crippen LogP contribution in [0.2, 0.25) is 18.1 Å². The fourth-order valence-corrected chi connectivity index (χ4v) is 3.39. The molecule has 1 N–H and O–H groups in total. The zero-order chi connectivity index (χ0) is 19.0. The highest BCUT2D eigenvalue weighted by Gasteiger charge is 2.39. The van der Waals surface area contributed by atoms with E-state index in [2.05, 4.69) is 33.9 Å². The summed E-state index contributed by atoms with van der Waals surface area (Å²) < 4.78 is 17.4. The Balaban J connectivity index is 2.82. The number of methoxy groups -OCH3 is 2. The summed E-state index contributed by atoms with van der Waals surface area (Å²) in [6, 6.07) is 6.74. The molecule has 136 valence electrons. The van der Waals surface area contributed by atoms with Crippen molar-refractivity contribution in [3.8, 4) is 17.2 Å². The lowest BCUT2D eigenvalue weighted by Gasteiger charge is -2.37. The first kappa shape index (κ1) is 19.1. The molecule has 0 fully saturated rings. The number of carbonyl (C=O) groups is 1. The van der Waals surface area contributed by atoms with E-state index in [9.17, 15) is 9.90 Å². The normalized spacial score (nSPS) is 12.1. The quantitative estimate of drug-likeness (QED) is 0.763. The van der Waals surface area contributed by atoms with E-state index in [4.69, 9.17) is 13.9 Å². The van der Waals surface area contributed by atoms with Gasteiger partial charge < -0.3 is 19.0 Å². The summed E-state index contributed by atoms with van der Waals surface area (Å²) >= 11 is 0. The smallest absolute Gasteiger partial charge is 0.335 e. The van der Waals surface area contributed by atoms with Crippen molar-refractivity contribution in [2.45, 2.75) is 38.9 Å². The monoisotopic (exact) mass is 362 g/mol. The van der Waals surface area contributed by atoms with Gasteiger partial charge in [-0.2, -0.15) is 0 Å². The fourth-order valence-electron chi connectivity index (χ4n) is 2.37. The largest absolute Gasteiger partial charge is 0.543 e. The molecular formula is C19H26O5Si. The molecule has 5 nitrogen and oxygen atoms in total. The van der Waals surface area contributed by atoms with Gasteiger partial charge in [0.15, 0.2) is 0 Å². The maximum absolute atomic E-state index is 11.6. The molecule has 2 rings (SSSR count). The van der Waals surface area contributed by atoms with Crippen LogP contribution in [0, 0.1) is 0 Å². The third-order valence-electron chi connectivity index (χ3n) is 4.86. The lowest BCUT2D eigenvalue weighted by molar-refractivity contribution is 0.0696. The molecule has 0 saturated heterocycles. The zero-order valence-corrected chi connectivity index (χ0v) is 16.9. The number of rotatable bonds is 5. The standard InChI is InChI=1S/C19H26O5Si/c1-19(2,3)25(6,7)24-16-11-12(18(20)21)10-13-14(22-4)8-9-15(23-5)17(13)16/h8-11H,1-7H3,(H,20,21). The molecule has 0 aromatic heterocycles. The molecule has 0 aliphatic carbocycles. The van der Waals surface area contributed by atoms with E-state index in [-0.39, 0.29) is 10.6 Å². The number of benzene rings is 2. The van der Waals surface area contributed by atoms with E-state index in [1.54, 1.807) is 38.5 Å². The second-order valence-corrected chi connectivity index (χ2v) is 12.3. The van der Waals surface area contributed by atoms with Crippen molar-refractivity contribution >= 4 is 25.1 Å². The Morgan fingerprint density at radius 3 is 2.04 bits per heavy atom. The molecule has 0 atom stereocenters. The van der Waals surface area contributed by atoms with Gasteiger partial charge in [0.25, 0.3) is 8.32 Å². The summed E-state index contributed by atoms with van der Waals surface area (Å²) in [5.41, 5.74) is 0.160. The van der Waals surface area contributed by atoms with Gasteiger partial charge in [0.1, 0.15) is 17.2 Å². The van der Waals surface area contributed by atoms with Crippen molar-refractivity contribution in [2.75, 3.05) is 14.2 Å². The second-order valence-electron chi connectivity index (χ2n) is 7.53. The van der Waals surface area contributed by atoms with E-state index in [1.165, 1.54) is 0 Å². The molecule has 0 aliphatic heterocycles. The Hall–Kier alpha value is -2.21. The van der Waals surface area contributed by atoms with Crippen molar-refractivity contribution < 1.29 is 23.8 Å². The highest BCUT2D eigenvalue weighted by Crippen LogP contribution is 2.44. The minimum absolute atomic E-state index is 0.0232. The molecule has 0 bridgehead atoms. The maximum atomic E-state index is 11.6. The van der Waals surface area contributed by atoms with Crippen molar-refractivity contribution in [2.24, 2.45) is 0 Å². The van der Waals surface area contributed by atoms with Crippen LogP contribution in [0.1, 0.15) is 31.1 Å². The lowest BCUT2D eigenvalue weighted by atomic mass is 10.0. The van der Waals surface area contributed by atoms with Gasteiger partial charge in [-0.15, -0.1) is 0 Å². The number of aromatic carboxylic acids is 1. The molecule has 2 aromatic carbocycles. The average Bonchev–Trinajstić information content (AvgIpc) is 2.51. The Morgan fingerprint density at radius 1 is 1.00 bits per heavy atom. The van der Waals surface area contributed by atoms with Crippen LogP contribution in [-0.4, -0.2) is 33.6 Å². The summed E-state index contributed by atoms with van der Waals surface area (Å²) in [4.78, 5) is 11.6. The van der Waals surface area contributed by atoms with Crippen molar-refractivity contribution in [3.05, 3.63) is 29.8 Å². The molecule has 6 heteroatoms. The Bertz CT molecular complexity index is 806. The van der Waals surface area contributed by atoms with Crippen molar-refractivity contribution in [1.82, 2.24) is 0 Å². The van der Waals surface area contributed by atoms with Crippen LogP contribution in [0.5, 0.6) is 17.2 Å². The van der Waals surface area contributed by atoms with E-state index in [0.717, 1.165) is 5.39 Å². The molecular weight excluding hydrogens is 336 g/mol. The predicted octanol–water partition coefficient (Wildman–Crippen LogP) is 4.94. The van der Waals surface area contributed by atoms with Gasteiger partial charge in [0.2, 0.25) is 0 Å². The third kappa shape index (κ3) is 3.58. The van der Waals surface area contributed by atoms with E-state index >= 15 is 0 Å². The van der Waals surface area contributed by atoms with Gasteiger partial charge in [-0.05, 0) is 42.4 Å². The second kappa shape index (κ2) is 6.59. The van der Waals surface area contributed by atoms with Gasteiger partial charge in [-0.3, -0.25) is 0 Å². The number of fused-ring (bicyclic) bond motifs is 1. The summed E-state index contributed by atoms with van der Waals surface area (Å²) in [6.07, 6.45) is 0. The SMILES string of the molecule is COc1ccc(OC)c2c(O[Si](C)(C)C(C)(C)C)cc(C(=O)O)cc12. The van der Waals surface area contributed by atoms with Crippen LogP contribution < -0.4 is 13.9 Å². The predicted molar refractivity (Wildman–Crippen MR) is 102 cm³/mol. The van der Waals surface area contributed by atoms with Crippen LogP contribution in [-0.2, 0) is 0 Å². The van der Waals surface area contributed by atoms with Crippen LogP contribution in [0.15, 0.2) is 24.3 Å². The van der Waals surface area contributed by atoms with Crippen molar-refractivity contribution in [3.63, 3.8) is 0 Å². The van der Waals surface area contributed by atoms with Crippen LogP contribution in [0.3, 0.4) is 0 Å². The highest BCUT2D eigenvalue weighted by atomic mass is 28.4. The number of ether oxygens (including phenoxy) is 2. The molecule has 0 amide bonds. The Morgan fingerprint density at radius 2 is 1.56 bits per heavy atom. The number of carboxylic acids is 1. The maximum Gasteiger partial charge on any atom is 0.335 e. The average molecular weight is 362 g/mol. The van der Waals surface area contributed by atoms with E-state index < -0.39 is 14.3 Å². The fraction of sp³-hybridized carbons (Fsp3) is 0.421. The minimum atomic E-state index is -2.17. The molecule has 0 heterocycles. The zero-order valence-electron chi connectivity index (χ0n) is 15.9. The number of hydrogen-bond acceptors (Lipinski definition) is 4. The van der Waals surface area contributed by atoms with Gasteiger partial charge in [-0.25, -0.2) is 4.79 Å². The minimum Gasteiger partial charge on any atom is -0.543 e. The molecule has 0 aliphatic rings. The molecule has 25 heavy (non-hydrogen) atoms. The first-order valence-electron chi connectivity index (χ1n) is 8.13. The number of hydrogen-bond donors (Lipinski definition) is 1. The van der Waals surface area contributed by atoms with Crippen LogP contribution in [0.25, 0.3) is 10.8 Å². The molecule has 2 aromatic rings. The summed E-state index contributed by atoms with van der Waals surface area (Å²) in [7, 11) is 0.971. The van der Waals surface area contributed by atoms with Gasteiger partial charge in [0, 0.05) is 5.39 Å². The highest BCUT2D eigenvalue weighted by molar-refractivity contribution is 6.74. The van der Waals surface area contributed by atoms with E-state index in [0.29, 0.717) is 22.6 Å². The van der Waals surface area contributed by atoms with Gasteiger partial charge >= 0.3 is 5.97 Å². The third-order valence-corrected chi connectivity index (χ3v) is 9.20. The summed E-state index contributed by atoms with van der Waals surface area (Å²) in [6.45, 7) is 10.7. The van der Waals surface area contributed by atoms with Gasteiger partial charge in [0.05, 0.1) is 25.2 Å². The summed E-state index contributed by atoms with van der Waals surface area (Å²) in [5.74, 6) is 0.726.